The van der Waals surface area contributed by atoms with Crippen molar-refractivity contribution in [2.45, 2.75) is 20.4 Å². The molecule has 0 fully saturated rings. The Labute approximate surface area is 98.8 Å². The summed E-state index contributed by atoms with van der Waals surface area (Å²) >= 11 is 0. The van der Waals surface area contributed by atoms with Crippen molar-refractivity contribution in [2.75, 3.05) is 12.3 Å². The molecule has 0 saturated heterocycles. The predicted octanol–water partition coefficient (Wildman–Crippen LogP) is 0.458. The molecule has 90 valence electrons. The molecule has 2 aromatic heterocycles. The van der Waals surface area contributed by atoms with Crippen LogP contribution in [0.15, 0.2) is 12.1 Å². The molecule has 2 rings (SSSR count). The monoisotopic (exact) mass is 233 g/mol. The van der Waals surface area contributed by atoms with Crippen LogP contribution in [0.2, 0.25) is 0 Å². The minimum atomic E-state index is -0.0955. The zero-order valence-electron chi connectivity index (χ0n) is 9.90. The van der Waals surface area contributed by atoms with Gasteiger partial charge in [0.25, 0.3) is 0 Å². The number of hydrogen-bond donors (Lipinski definition) is 2. The Hall–Kier alpha value is -2.11. The maximum atomic E-state index is 11.5. The minimum absolute atomic E-state index is 0.0955. The fourth-order valence-corrected chi connectivity index (χ4v) is 1.67. The van der Waals surface area contributed by atoms with Crippen molar-refractivity contribution < 1.29 is 4.79 Å². The van der Waals surface area contributed by atoms with Crippen LogP contribution >= 0.6 is 0 Å². The fourth-order valence-electron chi connectivity index (χ4n) is 1.67. The molecule has 0 aliphatic heterocycles. The summed E-state index contributed by atoms with van der Waals surface area (Å²) in [7, 11) is 0. The first-order valence-corrected chi connectivity index (χ1v) is 5.48. The van der Waals surface area contributed by atoms with Crippen molar-refractivity contribution in [1.82, 2.24) is 19.9 Å². The maximum Gasteiger partial charge on any atom is 0.240 e. The van der Waals surface area contributed by atoms with E-state index in [0.717, 1.165) is 5.69 Å². The number of nitrogens with one attached hydrogen (secondary N) is 1. The van der Waals surface area contributed by atoms with Gasteiger partial charge in [0.05, 0.1) is 0 Å². The number of anilines is 1. The molecule has 6 nitrogen and oxygen atoms in total. The molecule has 0 bridgehead atoms. The number of pyridine rings is 1. The number of carbonyl (C=O) groups excluding carboxylic acids is 1. The van der Waals surface area contributed by atoms with E-state index in [1.165, 1.54) is 0 Å². The minimum Gasteiger partial charge on any atom is -0.369 e. The first-order valence-electron chi connectivity index (χ1n) is 5.48. The normalized spacial score (nSPS) is 10.7. The molecule has 2 heterocycles. The van der Waals surface area contributed by atoms with Gasteiger partial charge >= 0.3 is 0 Å². The van der Waals surface area contributed by atoms with Crippen LogP contribution in [-0.2, 0) is 11.3 Å². The van der Waals surface area contributed by atoms with Gasteiger partial charge in [0.15, 0.2) is 5.65 Å². The number of likely N-dealkylation sites (N-methyl/N-ethyl adjacent to an activating group) is 1. The highest BCUT2D eigenvalue weighted by atomic mass is 16.1. The number of imidazole rings is 1. The molecule has 6 heteroatoms. The van der Waals surface area contributed by atoms with Crippen molar-refractivity contribution in [2.24, 2.45) is 0 Å². The van der Waals surface area contributed by atoms with Crippen LogP contribution in [0.1, 0.15) is 12.6 Å². The first-order chi connectivity index (χ1) is 8.11. The average molecular weight is 233 g/mol. The van der Waals surface area contributed by atoms with Crippen molar-refractivity contribution in [3.63, 3.8) is 0 Å². The number of nitrogen functional groups attached to an aromatic ring is 1. The first kappa shape index (κ1) is 11.4. The topological polar surface area (TPSA) is 85.8 Å². The van der Waals surface area contributed by atoms with Gasteiger partial charge in [-0.05, 0) is 26.0 Å². The molecule has 0 aromatic carbocycles. The molecular weight excluding hydrogens is 218 g/mol. The smallest absolute Gasteiger partial charge is 0.240 e. The summed E-state index contributed by atoms with van der Waals surface area (Å²) in [5, 5.41) is 2.72. The molecule has 0 unspecified atom stereocenters. The third-order valence-electron chi connectivity index (χ3n) is 2.44. The number of nitrogens with zero attached hydrogens (tertiary/aromatic N) is 3. The molecule has 3 N–H and O–H groups in total. The van der Waals surface area contributed by atoms with E-state index < -0.39 is 0 Å². The molecule has 0 aliphatic rings. The van der Waals surface area contributed by atoms with Gasteiger partial charge in [0.1, 0.15) is 12.1 Å². The van der Waals surface area contributed by atoms with Crippen LogP contribution in [0.4, 0.5) is 5.95 Å². The molecule has 0 spiro atoms. The van der Waals surface area contributed by atoms with E-state index in [0.29, 0.717) is 23.7 Å². The quantitative estimate of drug-likeness (QED) is 0.806. The Bertz CT molecular complexity index is 560. The number of aromatic nitrogens is 3. The number of rotatable bonds is 3. The molecule has 2 aromatic rings. The number of hydrogen-bond acceptors (Lipinski definition) is 4. The zero-order chi connectivity index (χ0) is 12.4. The summed E-state index contributed by atoms with van der Waals surface area (Å²) in [6.07, 6.45) is 0. The Balaban J connectivity index is 2.41. The molecule has 0 atom stereocenters. The Kier molecular flexibility index (Phi) is 2.95. The molecule has 0 aliphatic carbocycles. The van der Waals surface area contributed by atoms with E-state index >= 15 is 0 Å². The van der Waals surface area contributed by atoms with Crippen LogP contribution in [0.3, 0.4) is 0 Å². The number of amides is 1. The van der Waals surface area contributed by atoms with E-state index in [1.807, 2.05) is 26.0 Å². The van der Waals surface area contributed by atoms with E-state index in [9.17, 15) is 4.79 Å². The predicted molar refractivity (Wildman–Crippen MR) is 65.4 cm³/mol. The number of nitrogens with two attached hydrogens (primary N) is 1. The molecule has 0 saturated carbocycles. The Morgan fingerprint density at radius 1 is 1.47 bits per heavy atom. The standard InChI is InChI=1S/C11H15N5O/c1-3-13-9(17)6-16-10-8(15-11(16)12)5-4-7(2)14-10/h4-5H,3,6H2,1-2H3,(H2,12,15)(H,13,17). The molecular formula is C11H15N5O. The van der Waals surface area contributed by atoms with Gasteiger partial charge in [-0.1, -0.05) is 0 Å². The summed E-state index contributed by atoms with van der Waals surface area (Å²) in [5.74, 6) is 0.214. The third-order valence-corrected chi connectivity index (χ3v) is 2.44. The summed E-state index contributed by atoms with van der Waals surface area (Å²) in [6.45, 7) is 4.50. The van der Waals surface area contributed by atoms with Gasteiger partial charge < -0.3 is 11.1 Å². The summed E-state index contributed by atoms with van der Waals surface area (Å²) in [4.78, 5) is 20.1. The Morgan fingerprint density at radius 3 is 2.94 bits per heavy atom. The summed E-state index contributed by atoms with van der Waals surface area (Å²) in [5.41, 5.74) is 8.00. The number of aryl methyl sites for hydroxylation is 1. The lowest BCUT2D eigenvalue weighted by Crippen LogP contribution is -2.27. The lowest BCUT2D eigenvalue weighted by molar-refractivity contribution is -0.121. The molecule has 0 radical (unpaired) electrons. The highest BCUT2D eigenvalue weighted by molar-refractivity contribution is 5.80. The van der Waals surface area contributed by atoms with E-state index in [1.54, 1.807) is 4.57 Å². The maximum absolute atomic E-state index is 11.5. The lowest BCUT2D eigenvalue weighted by Gasteiger charge is -2.05. The summed E-state index contributed by atoms with van der Waals surface area (Å²) in [6, 6.07) is 3.72. The number of fused-ring (bicyclic) bond motifs is 1. The van der Waals surface area contributed by atoms with Gasteiger partial charge in [-0.3, -0.25) is 9.36 Å². The SMILES string of the molecule is CCNC(=O)Cn1c(N)nc2ccc(C)nc21. The van der Waals surface area contributed by atoms with Crippen LogP contribution in [0, 0.1) is 6.92 Å². The van der Waals surface area contributed by atoms with Crippen molar-refractivity contribution in [3.05, 3.63) is 17.8 Å². The van der Waals surface area contributed by atoms with E-state index in [-0.39, 0.29) is 12.5 Å². The van der Waals surface area contributed by atoms with Gasteiger partial charge in [-0.2, -0.15) is 0 Å². The highest BCUT2D eigenvalue weighted by Gasteiger charge is 2.12. The van der Waals surface area contributed by atoms with Crippen LogP contribution in [-0.4, -0.2) is 27.0 Å². The van der Waals surface area contributed by atoms with Crippen LogP contribution in [0.25, 0.3) is 11.2 Å². The Morgan fingerprint density at radius 2 is 2.24 bits per heavy atom. The second-order valence-electron chi connectivity index (χ2n) is 3.81. The fraction of sp³-hybridized carbons (Fsp3) is 0.364. The van der Waals surface area contributed by atoms with Crippen molar-refractivity contribution >= 4 is 23.0 Å². The summed E-state index contributed by atoms with van der Waals surface area (Å²) < 4.78 is 1.62. The average Bonchev–Trinajstić information content (AvgIpc) is 2.56. The van der Waals surface area contributed by atoms with Crippen LogP contribution in [0.5, 0.6) is 0 Å². The number of carbonyl (C=O) groups is 1. The van der Waals surface area contributed by atoms with Crippen molar-refractivity contribution in [1.29, 1.82) is 0 Å². The van der Waals surface area contributed by atoms with Crippen molar-refractivity contribution in [3.8, 4) is 0 Å². The van der Waals surface area contributed by atoms with Gasteiger partial charge in [0.2, 0.25) is 11.9 Å². The third kappa shape index (κ3) is 2.20. The van der Waals surface area contributed by atoms with E-state index in [4.69, 9.17) is 5.73 Å². The zero-order valence-corrected chi connectivity index (χ0v) is 9.90. The van der Waals surface area contributed by atoms with Gasteiger partial charge in [0, 0.05) is 12.2 Å². The lowest BCUT2D eigenvalue weighted by atomic mass is 10.3. The van der Waals surface area contributed by atoms with E-state index in [2.05, 4.69) is 15.3 Å². The molecule has 17 heavy (non-hydrogen) atoms. The largest absolute Gasteiger partial charge is 0.369 e. The van der Waals surface area contributed by atoms with Gasteiger partial charge in [-0.25, -0.2) is 9.97 Å². The second-order valence-corrected chi connectivity index (χ2v) is 3.81. The highest BCUT2D eigenvalue weighted by Crippen LogP contribution is 2.15. The second kappa shape index (κ2) is 4.40. The van der Waals surface area contributed by atoms with Gasteiger partial charge in [-0.15, -0.1) is 0 Å². The van der Waals surface area contributed by atoms with Crippen LogP contribution < -0.4 is 11.1 Å². The molecule has 1 amide bonds.